The fourth-order valence-electron chi connectivity index (χ4n) is 9.40. The molecule has 2 fully saturated rings. The van der Waals surface area contributed by atoms with Gasteiger partial charge in [0.15, 0.2) is 0 Å². The maximum atomic E-state index is 8.68. The minimum absolute atomic E-state index is 0.126. The summed E-state index contributed by atoms with van der Waals surface area (Å²) in [5.74, 6) is 0. The second-order valence-corrected chi connectivity index (χ2v) is 50.2. The van der Waals surface area contributed by atoms with Crippen LogP contribution in [0.15, 0.2) is 30.3 Å². The molecule has 0 nitrogen and oxygen atoms in total. The molecule has 2 aliphatic carbocycles. The summed E-state index contributed by atoms with van der Waals surface area (Å²) in [6.07, 6.45) is 13.7. The molecule has 0 atom stereocenters. The Morgan fingerprint density at radius 1 is 0.600 bits per heavy atom. The summed E-state index contributed by atoms with van der Waals surface area (Å²) in [6, 6.07) is 11.8. The van der Waals surface area contributed by atoms with E-state index in [2.05, 4.69) is 92.6 Å². The van der Waals surface area contributed by atoms with Crippen LogP contribution in [0.5, 0.6) is 0 Å². The zero-order valence-electron chi connectivity index (χ0n) is 24.2. The van der Waals surface area contributed by atoms with Crippen LogP contribution in [-0.4, -0.2) is 26.8 Å². The first-order valence-corrected chi connectivity index (χ1v) is 26.6. The summed E-state index contributed by atoms with van der Waals surface area (Å²) in [7, 11) is 17.4. The van der Waals surface area contributed by atoms with Crippen molar-refractivity contribution in [2.24, 2.45) is 0 Å². The van der Waals surface area contributed by atoms with E-state index in [0.29, 0.717) is 0 Å². The van der Waals surface area contributed by atoms with Gasteiger partial charge < -0.3 is 0 Å². The van der Waals surface area contributed by atoms with E-state index >= 15 is 0 Å². The first kappa shape index (κ1) is 30.9. The number of rotatable bonds is 5. The van der Waals surface area contributed by atoms with Crippen LogP contribution in [0.3, 0.4) is 0 Å². The number of benzene rings is 1. The molecule has 0 N–H and O–H groups in total. The van der Waals surface area contributed by atoms with Crippen molar-refractivity contribution in [3.63, 3.8) is 0 Å². The first-order chi connectivity index (χ1) is 16.1. The van der Waals surface area contributed by atoms with Crippen LogP contribution in [0.2, 0.25) is 0 Å². The van der Waals surface area contributed by atoms with Crippen molar-refractivity contribution in [3.05, 3.63) is 30.3 Å². The van der Waals surface area contributed by atoms with Gasteiger partial charge >= 0.3 is 231 Å². The Hall–Kier alpha value is 1.32. The summed E-state index contributed by atoms with van der Waals surface area (Å²) in [6.45, 7) is 22.7. The van der Waals surface area contributed by atoms with E-state index in [9.17, 15) is 0 Å². The molecule has 210 valence electrons. The molecule has 3 rings (SSSR count). The maximum absolute atomic E-state index is 8.68. The molecule has 1 aromatic carbocycles. The van der Waals surface area contributed by atoms with Gasteiger partial charge in [-0.3, -0.25) is 0 Å². The zero-order valence-corrected chi connectivity index (χ0v) is 29.3. The number of halogens is 2. The van der Waals surface area contributed by atoms with Gasteiger partial charge in [0.1, 0.15) is 0 Å². The van der Waals surface area contributed by atoms with Gasteiger partial charge in [0.05, 0.1) is 0 Å². The summed E-state index contributed by atoms with van der Waals surface area (Å²) < 4.78 is 0. The van der Waals surface area contributed by atoms with Crippen LogP contribution >= 0.6 is 30.0 Å². The molecule has 0 heterocycles. The first-order valence-electron chi connectivity index (χ1n) is 14.2. The molecule has 1 aromatic rings. The Morgan fingerprint density at radius 2 is 0.943 bits per heavy atom. The van der Waals surface area contributed by atoms with Crippen molar-refractivity contribution >= 4 is 35.3 Å². The molecule has 0 radical (unpaired) electrons. The molecule has 0 bridgehead atoms. The molecule has 0 unspecified atom stereocenters. The van der Waals surface area contributed by atoms with E-state index in [4.69, 9.17) is 19.1 Å². The number of hydrogen-bond donors (Lipinski definition) is 0. The van der Waals surface area contributed by atoms with Gasteiger partial charge in [-0.15, -0.1) is 0 Å². The van der Waals surface area contributed by atoms with E-state index in [-0.39, 0.29) is 15.5 Å². The topological polar surface area (TPSA) is 0 Å². The van der Waals surface area contributed by atoms with Crippen molar-refractivity contribution in [3.8, 4) is 0 Å². The predicted molar refractivity (Wildman–Crippen MR) is 167 cm³/mol. The third kappa shape index (κ3) is 5.03. The molecule has 0 saturated heterocycles. The van der Waals surface area contributed by atoms with Crippen molar-refractivity contribution in [2.45, 2.75) is 153 Å². The Labute approximate surface area is 230 Å². The van der Waals surface area contributed by atoms with Gasteiger partial charge in [0.2, 0.25) is 0 Å². The minimum atomic E-state index is -3.04. The average molecular weight is 656 g/mol. The Morgan fingerprint density at radius 3 is 1.26 bits per heavy atom. The monoisotopic (exact) mass is 654 g/mol. The molecular formula is C30H56Cl2P2Pd. The fourth-order valence-corrected chi connectivity index (χ4v) is 104. The van der Waals surface area contributed by atoms with Crippen LogP contribution in [0.1, 0.15) is 127 Å². The van der Waals surface area contributed by atoms with Gasteiger partial charge in [-0.25, -0.2) is 0 Å². The second kappa shape index (κ2) is 11.1. The van der Waals surface area contributed by atoms with E-state index in [1.54, 1.807) is 5.30 Å². The summed E-state index contributed by atoms with van der Waals surface area (Å²) in [5.41, 5.74) is -3.20. The molecule has 2 aliphatic rings. The van der Waals surface area contributed by atoms with Crippen LogP contribution in [0.25, 0.3) is 0 Å². The zero-order chi connectivity index (χ0) is 26.3. The molecule has 5 heteroatoms. The molecule has 2 saturated carbocycles. The van der Waals surface area contributed by atoms with E-state index < -0.39 is 23.4 Å². The van der Waals surface area contributed by atoms with E-state index in [1.807, 2.05) is 0 Å². The summed E-state index contributed by atoms with van der Waals surface area (Å²) in [4.78, 5) is 0. The molecule has 0 spiro atoms. The van der Waals surface area contributed by atoms with Gasteiger partial charge in [-0.1, -0.05) is 0 Å². The van der Waals surface area contributed by atoms with Crippen LogP contribution in [0, 0.1) is 0 Å². The van der Waals surface area contributed by atoms with Crippen molar-refractivity contribution in [2.75, 3.05) is 0 Å². The quantitative estimate of drug-likeness (QED) is 0.219. The Bertz CT molecular complexity index is 767. The van der Waals surface area contributed by atoms with Gasteiger partial charge in [0.25, 0.3) is 0 Å². The molecule has 0 amide bonds. The third-order valence-corrected chi connectivity index (χ3v) is 68.0. The molecule has 35 heavy (non-hydrogen) atoms. The SMILES string of the molecule is CC(C)(C)[PH](C(C)(C)C)(C(C)(C)C)[Pd]([Cl])([Cl])[PH](c1ccccc1)(C1CCCCC1)C1CCCCC1. The standard InChI is InChI=1S/C18H27P.C12H27P.2ClH.Pd/c1-4-10-16(11-5-1)19(17-12-6-2-7-13-17)18-14-8-3-9-15-18;1-10(2,3)13(11(4,5)6)12(7,8)9;;;/h1,4-5,10-11,17-18H,2-3,6-9,12-15H2;1-9H3;2*1H;. The molecule has 0 aromatic heterocycles. The normalized spacial score (nSPS) is 22.1. The predicted octanol–water partition coefficient (Wildman–Crippen LogP) is 11.2. The van der Waals surface area contributed by atoms with Crippen molar-refractivity contribution in [1.29, 1.82) is 0 Å². The second-order valence-electron chi connectivity index (χ2n) is 14.5. The van der Waals surface area contributed by atoms with Crippen LogP contribution in [0.4, 0.5) is 0 Å². The van der Waals surface area contributed by atoms with Crippen molar-refractivity contribution in [1.82, 2.24) is 0 Å². The Kier molecular flexibility index (Phi) is 9.76. The van der Waals surface area contributed by atoms with Gasteiger partial charge in [-0.05, 0) is 0 Å². The van der Waals surface area contributed by atoms with Crippen LogP contribution in [-0.2, 0) is 12.5 Å². The summed E-state index contributed by atoms with van der Waals surface area (Å²) in [5, 5.41) is 2.01. The number of hydrogen-bond acceptors (Lipinski definition) is 0. The van der Waals surface area contributed by atoms with Crippen molar-refractivity contribution < 1.29 is 12.5 Å². The van der Waals surface area contributed by atoms with Gasteiger partial charge in [0, 0.05) is 0 Å². The Balaban J connectivity index is 2.51. The van der Waals surface area contributed by atoms with E-state index in [1.165, 1.54) is 64.2 Å². The fraction of sp³-hybridized carbons (Fsp3) is 0.800. The van der Waals surface area contributed by atoms with Crippen LogP contribution < -0.4 is 5.30 Å². The molecular weight excluding hydrogens is 600 g/mol. The third-order valence-electron chi connectivity index (χ3n) is 9.13. The average Bonchev–Trinajstić information content (AvgIpc) is 2.73. The summed E-state index contributed by atoms with van der Waals surface area (Å²) >= 11 is -3.04. The van der Waals surface area contributed by atoms with E-state index in [0.717, 1.165) is 11.3 Å². The van der Waals surface area contributed by atoms with Gasteiger partial charge in [-0.2, -0.15) is 0 Å². The molecule has 0 aliphatic heterocycles.